The number of phenolic OH excluding ortho intramolecular Hbond substituents is 4. The molecule has 2 saturated heterocycles. The van der Waals surface area contributed by atoms with Crippen molar-refractivity contribution >= 4 is 51.5 Å². The van der Waals surface area contributed by atoms with Crippen LogP contribution in [0.5, 0.6) is 28.7 Å². The van der Waals surface area contributed by atoms with Gasteiger partial charge in [-0.15, -0.1) is 0 Å². The third-order valence-corrected chi connectivity index (χ3v) is 13.5. The molecule has 16 heteroatoms. The molecule has 8 aromatic rings. The molecule has 3 aliphatic heterocycles. The molecule has 11 rings (SSSR count). The van der Waals surface area contributed by atoms with Crippen LogP contribution in [0.1, 0.15) is 28.3 Å². The van der Waals surface area contributed by atoms with Gasteiger partial charge in [0.25, 0.3) is 0 Å². The third-order valence-electron chi connectivity index (χ3n) is 13.2. The zero-order valence-electron chi connectivity index (χ0n) is 41.0. The summed E-state index contributed by atoms with van der Waals surface area (Å²) >= 11 is 6.18. The van der Waals surface area contributed by atoms with E-state index in [-0.39, 0.29) is 51.5 Å². The maximum atomic E-state index is 13.5. The number of halogens is 3. The number of hydrogen-bond donors (Lipinski definition) is 6. The molecule has 2 fully saturated rings. The minimum Gasteiger partial charge on any atom is -0.508 e. The number of para-hydroxylation sites is 1. The van der Waals surface area contributed by atoms with Crippen LogP contribution in [0.15, 0.2) is 172 Å². The van der Waals surface area contributed by atoms with E-state index in [1.54, 1.807) is 0 Å². The van der Waals surface area contributed by atoms with Crippen LogP contribution >= 0.6 is 11.6 Å². The van der Waals surface area contributed by atoms with Crippen molar-refractivity contribution in [3.05, 3.63) is 207 Å². The van der Waals surface area contributed by atoms with Crippen molar-refractivity contribution in [1.29, 1.82) is 0 Å². The van der Waals surface area contributed by atoms with Crippen molar-refractivity contribution in [3.63, 3.8) is 0 Å². The highest BCUT2D eigenvalue weighted by Gasteiger charge is 2.27. The van der Waals surface area contributed by atoms with Gasteiger partial charge in [0.15, 0.2) is 17.3 Å². The monoisotopic (exact) mass is 1030 g/mol. The first-order chi connectivity index (χ1) is 36.3. The highest BCUT2D eigenvalue weighted by Crippen LogP contribution is 2.39. The second kappa shape index (κ2) is 23.3. The Labute approximate surface area is 437 Å². The van der Waals surface area contributed by atoms with Crippen molar-refractivity contribution in [2.45, 2.75) is 6.04 Å². The van der Waals surface area contributed by atoms with Gasteiger partial charge in [0.2, 0.25) is 11.2 Å². The van der Waals surface area contributed by atoms with Gasteiger partial charge in [-0.25, -0.2) is 13.8 Å². The molecular formula is C59H55ClF2N6O7. The number of phenols is 4. The molecule has 0 bridgehead atoms. The van der Waals surface area contributed by atoms with Crippen molar-refractivity contribution in [2.24, 2.45) is 4.99 Å². The summed E-state index contributed by atoms with van der Waals surface area (Å²) in [5.74, 6) is -2.17. The predicted octanol–water partition coefficient (Wildman–Crippen LogP) is 11.1. The maximum absolute atomic E-state index is 13.5. The van der Waals surface area contributed by atoms with Crippen molar-refractivity contribution in [3.8, 4) is 40.1 Å². The molecule has 0 unspecified atom stereocenters. The first-order valence-electron chi connectivity index (χ1n) is 24.4. The molecule has 6 N–H and O–H groups in total. The fraction of sp³-hybridized carbons (Fsp3) is 0.186. The third kappa shape index (κ3) is 12.4. The Morgan fingerprint density at radius 1 is 0.680 bits per heavy atom. The number of nitrogens with zero attached hydrogens (tertiary/aromatic N) is 5. The Balaban J connectivity index is 0.000000140. The zero-order valence-corrected chi connectivity index (χ0v) is 41.7. The van der Waals surface area contributed by atoms with E-state index in [1.807, 2.05) is 66.7 Å². The maximum Gasteiger partial charge on any atom is 0.238 e. The van der Waals surface area contributed by atoms with Crippen LogP contribution in [-0.4, -0.2) is 117 Å². The lowest BCUT2D eigenvalue weighted by Gasteiger charge is -2.39. The van der Waals surface area contributed by atoms with Gasteiger partial charge in [-0.05, 0) is 96.5 Å². The lowest BCUT2D eigenvalue weighted by molar-refractivity contribution is 0.118. The van der Waals surface area contributed by atoms with E-state index in [1.165, 1.54) is 35.9 Å². The Morgan fingerprint density at radius 2 is 1.33 bits per heavy atom. The number of benzene rings is 7. The smallest absolute Gasteiger partial charge is 0.238 e. The summed E-state index contributed by atoms with van der Waals surface area (Å²) < 4.78 is 32.3. The number of piperazine rings is 2. The van der Waals surface area contributed by atoms with E-state index < -0.39 is 22.7 Å². The van der Waals surface area contributed by atoms with E-state index >= 15 is 0 Å². The molecule has 7 aromatic carbocycles. The normalized spacial score (nSPS) is 14.9. The fourth-order valence-electron chi connectivity index (χ4n) is 9.21. The summed E-state index contributed by atoms with van der Waals surface area (Å²) in [7, 11) is 2.16. The van der Waals surface area contributed by atoms with Crippen molar-refractivity contribution in [1.82, 2.24) is 19.6 Å². The molecule has 13 nitrogen and oxygen atoms in total. The summed E-state index contributed by atoms with van der Waals surface area (Å²) in [4.78, 5) is 26.7. The van der Waals surface area contributed by atoms with E-state index in [4.69, 9.17) is 21.0 Å². The van der Waals surface area contributed by atoms with Gasteiger partial charge in [-0.3, -0.25) is 14.6 Å². The van der Waals surface area contributed by atoms with Crippen LogP contribution in [0, 0.1) is 11.6 Å². The van der Waals surface area contributed by atoms with Gasteiger partial charge in [-0.1, -0.05) is 90.5 Å². The number of aromatic hydroxyl groups is 5. The van der Waals surface area contributed by atoms with Gasteiger partial charge in [0.1, 0.15) is 39.9 Å². The lowest BCUT2D eigenvalue weighted by atomic mass is 9.96. The molecule has 4 heterocycles. The average molecular weight is 1030 g/mol. The molecular weight excluding hydrogens is 978 g/mol. The highest BCUT2D eigenvalue weighted by atomic mass is 35.5. The lowest BCUT2D eigenvalue weighted by Crippen LogP contribution is -2.47. The topological polar surface area (TPSA) is 169 Å². The van der Waals surface area contributed by atoms with Crippen molar-refractivity contribution in [2.75, 3.05) is 71.3 Å². The van der Waals surface area contributed by atoms with Gasteiger partial charge in [-0.2, -0.15) is 0 Å². The average Bonchev–Trinajstić information content (AvgIpc) is 3.57. The van der Waals surface area contributed by atoms with E-state index in [2.05, 4.69) is 74.4 Å². The van der Waals surface area contributed by atoms with Gasteiger partial charge in [0.05, 0.1) is 17.4 Å². The number of amidine groups is 1. The van der Waals surface area contributed by atoms with Crippen molar-refractivity contribution < 1.29 is 38.7 Å². The summed E-state index contributed by atoms with van der Waals surface area (Å²) in [5, 5.41) is 51.8. The van der Waals surface area contributed by atoms with E-state index in [0.29, 0.717) is 5.02 Å². The molecule has 75 heavy (non-hydrogen) atoms. The van der Waals surface area contributed by atoms with E-state index in [0.717, 1.165) is 123 Å². The summed E-state index contributed by atoms with van der Waals surface area (Å²) in [5.41, 5.74) is 6.49. The first-order valence-corrected chi connectivity index (χ1v) is 24.8. The van der Waals surface area contributed by atoms with Crippen LogP contribution in [0.2, 0.25) is 5.02 Å². The van der Waals surface area contributed by atoms with Gasteiger partial charge in [0, 0.05) is 92.9 Å². The Kier molecular flexibility index (Phi) is 16.1. The number of anilines is 2. The number of likely N-dealkylation sites (N-methyl/N-ethyl adjacent to an activating group) is 1. The molecule has 3 aliphatic rings. The SMILES string of the molecule is CN1CCN(C2=Nc3cc(Cl)ccc3Nc3ccccc32)CC1.Fc1ccc(C(c2ccc(F)cc2)N2CCN(C/C=C/c3ccccc3)CC2)cc1.O=c1c(O)c(-c2ccc(O)c(O)c2)oc2cc(O)cc(O)c12. The molecule has 0 spiro atoms. The van der Waals surface area contributed by atoms with Crippen LogP contribution in [0.25, 0.3) is 28.4 Å². The second-order valence-electron chi connectivity index (χ2n) is 18.4. The second-order valence-corrected chi connectivity index (χ2v) is 18.8. The Bertz CT molecular complexity index is 3350. The minimum absolute atomic E-state index is 0.00629. The summed E-state index contributed by atoms with van der Waals surface area (Å²) in [6, 6.07) is 43.4. The fourth-order valence-corrected chi connectivity index (χ4v) is 9.38. The molecule has 0 amide bonds. The largest absolute Gasteiger partial charge is 0.508 e. The van der Waals surface area contributed by atoms with Gasteiger partial charge >= 0.3 is 0 Å². The van der Waals surface area contributed by atoms with Crippen LogP contribution in [-0.2, 0) is 0 Å². The summed E-state index contributed by atoms with van der Waals surface area (Å²) in [6.07, 6.45) is 4.37. The molecule has 0 aliphatic carbocycles. The molecule has 1 aromatic heterocycles. The molecule has 384 valence electrons. The predicted molar refractivity (Wildman–Crippen MR) is 291 cm³/mol. The molecule has 0 atom stereocenters. The number of aliphatic imine (C=N–C) groups is 1. The summed E-state index contributed by atoms with van der Waals surface area (Å²) in [6.45, 7) is 8.71. The zero-order chi connectivity index (χ0) is 52.6. The minimum atomic E-state index is -0.888. The number of fused-ring (bicyclic) bond motifs is 3. The molecule has 0 saturated carbocycles. The van der Waals surface area contributed by atoms with Crippen LogP contribution in [0.4, 0.5) is 25.8 Å². The first kappa shape index (κ1) is 51.7. The Morgan fingerprint density at radius 3 is 2.00 bits per heavy atom. The number of rotatable bonds is 7. The molecule has 0 radical (unpaired) electrons. The standard InChI is InChI=1S/C26H26F2N2.C18H19ClN4.C15H10O7/c27-24-12-8-22(9-13-24)26(23-10-14-25(28)15-11-23)30-19-17-29(18-20-30)16-4-7-21-5-2-1-3-6-21;1-22-8-10-23(11-9-22)18-14-4-2-3-5-15(14)20-16-7-6-13(19)12-17(16)21-18;16-7-4-10(19)12-11(5-7)22-15(14(21)13(12)20)6-1-2-8(17)9(18)3-6/h1-15,26H,16-20H2;2-7,12,20H,8-11H2,1H3;1-5,16-19,21H/b7-4+;;. The quantitative estimate of drug-likeness (QED) is 0.0837. The van der Waals surface area contributed by atoms with Crippen LogP contribution < -0.4 is 10.7 Å². The number of nitrogens with one attached hydrogen (secondary N) is 1. The van der Waals surface area contributed by atoms with Gasteiger partial charge < -0.3 is 45.1 Å². The highest BCUT2D eigenvalue weighted by molar-refractivity contribution is 6.31. The van der Waals surface area contributed by atoms with E-state index in [9.17, 15) is 39.1 Å². The van der Waals surface area contributed by atoms with Crippen LogP contribution in [0.3, 0.4) is 0 Å². The number of hydrogen-bond acceptors (Lipinski definition) is 13. The Hall–Kier alpha value is -8.21.